The van der Waals surface area contributed by atoms with Crippen molar-refractivity contribution in [1.82, 2.24) is 14.6 Å². The molecule has 0 aliphatic heterocycles. The molecule has 0 bridgehead atoms. The van der Waals surface area contributed by atoms with Crippen molar-refractivity contribution in [2.75, 3.05) is 11.9 Å². The van der Waals surface area contributed by atoms with Gasteiger partial charge in [0.2, 0.25) is 0 Å². The van der Waals surface area contributed by atoms with E-state index in [-0.39, 0.29) is 5.69 Å². The fourth-order valence-electron chi connectivity index (χ4n) is 2.49. The van der Waals surface area contributed by atoms with Crippen molar-refractivity contribution in [3.8, 4) is 0 Å². The highest BCUT2D eigenvalue weighted by atomic mass is 35.5. The van der Waals surface area contributed by atoms with E-state index in [0.29, 0.717) is 16.4 Å². The van der Waals surface area contributed by atoms with Crippen molar-refractivity contribution >= 4 is 34.6 Å². The molecule has 22 heavy (non-hydrogen) atoms. The van der Waals surface area contributed by atoms with Crippen LogP contribution in [0.25, 0.3) is 5.65 Å². The molecule has 0 aliphatic rings. The number of carboxylic acid groups (broad SMARTS) is 1. The van der Waals surface area contributed by atoms with E-state index in [4.69, 9.17) is 11.6 Å². The van der Waals surface area contributed by atoms with E-state index in [9.17, 15) is 9.90 Å². The molecule has 0 unspecified atom stereocenters. The number of fused-ring (bicyclic) bond motifs is 1. The number of nitrogens with zero attached hydrogens (tertiary/aromatic N) is 4. The van der Waals surface area contributed by atoms with Crippen LogP contribution < -0.4 is 4.90 Å². The van der Waals surface area contributed by atoms with Crippen LogP contribution in [-0.4, -0.2) is 32.7 Å². The smallest absolute Gasteiger partial charge is 0.358 e. The first-order valence-electron chi connectivity index (χ1n) is 6.56. The summed E-state index contributed by atoms with van der Waals surface area (Å²) in [5, 5.41) is 14.1. The predicted octanol–water partition coefficient (Wildman–Crippen LogP) is 3.16. The monoisotopic (exact) mass is 316 g/mol. The molecular weight excluding hydrogens is 304 g/mol. The minimum absolute atomic E-state index is 0.0690. The van der Waals surface area contributed by atoms with Gasteiger partial charge < -0.3 is 10.0 Å². The molecule has 0 atom stereocenters. The number of para-hydroxylation sites is 1. The lowest BCUT2D eigenvalue weighted by Gasteiger charge is -2.22. The molecule has 1 aromatic carbocycles. The second kappa shape index (κ2) is 5.31. The number of aromatic carboxylic acids is 1. The first kappa shape index (κ1) is 14.3. The third-order valence-electron chi connectivity index (χ3n) is 3.43. The van der Waals surface area contributed by atoms with Gasteiger partial charge in [0.25, 0.3) is 0 Å². The van der Waals surface area contributed by atoms with Crippen molar-refractivity contribution in [1.29, 1.82) is 0 Å². The molecule has 0 amide bonds. The molecule has 6 nitrogen and oxygen atoms in total. The standard InChI is InChI=1S/C15H13ClN4O2/c1-9-5-3-6-10(16)12(9)19(2)13-11(15(21)22)18-20-8-4-7-17-14(13)20/h3-8H,1-2H3,(H,21,22). The van der Waals surface area contributed by atoms with Gasteiger partial charge in [-0.05, 0) is 24.6 Å². The number of aryl methyl sites for hydroxylation is 1. The fourth-order valence-corrected chi connectivity index (χ4v) is 2.84. The highest BCUT2D eigenvalue weighted by Crippen LogP contribution is 2.36. The molecule has 3 aromatic rings. The molecule has 7 heteroatoms. The summed E-state index contributed by atoms with van der Waals surface area (Å²) in [7, 11) is 1.76. The Labute approximate surface area is 131 Å². The maximum atomic E-state index is 11.5. The Bertz CT molecular complexity index is 855. The van der Waals surface area contributed by atoms with Crippen molar-refractivity contribution in [3.05, 3.63) is 52.9 Å². The molecule has 2 heterocycles. The Hall–Kier alpha value is -2.60. The molecule has 0 fully saturated rings. The molecule has 1 N–H and O–H groups in total. The van der Waals surface area contributed by atoms with Gasteiger partial charge in [-0.15, -0.1) is 0 Å². The number of hydrogen-bond acceptors (Lipinski definition) is 4. The van der Waals surface area contributed by atoms with Crippen LogP contribution in [0.3, 0.4) is 0 Å². The van der Waals surface area contributed by atoms with Crippen LogP contribution >= 0.6 is 11.6 Å². The van der Waals surface area contributed by atoms with Crippen LogP contribution in [-0.2, 0) is 0 Å². The Morgan fingerprint density at radius 1 is 1.32 bits per heavy atom. The molecule has 0 spiro atoms. The molecule has 0 radical (unpaired) electrons. The summed E-state index contributed by atoms with van der Waals surface area (Å²) >= 11 is 6.29. The van der Waals surface area contributed by atoms with Gasteiger partial charge in [0.15, 0.2) is 11.3 Å². The van der Waals surface area contributed by atoms with Gasteiger partial charge in [0.1, 0.15) is 5.69 Å². The Kier molecular flexibility index (Phi) is 3.46. The zero-order valence-corrected chi connectivity index (χ0v) is 12.7. The van der Waals surface area contributed by atoms with Crippen LogP contribution in [0.1, 0.15) is 16.1 Å². The number of aromatic nitrogens is 3. The van der Waals surface area contributed by atoms with Crippen molar-refractivity contribution in [3.63, 3.8) is 0 Å². The summed E-state index contributed by atoms with van der Waals surface area (Å²) in [4.78, 5) is 17.5. The van der Waals surface area contributed by atoms with E-state index in [0.717, 1.165) is 11.3 Å². The van der Waals surface area contributed by atoms with Gasteiger partial charge in [0, 0.05) is 19.4 Å². The lowest BCUT2D eigenvalue weighted by Crippen LogP contribution is -2.15. The molecule has 0 aliphatic carbocycles. The molecule has 2 aromatic heterocycles. The highest BCUT2D eigenvalue weighted by molar-refractivity contribution is 6.33. The lowest BCUT2D eigenvalue weighted by molar-refractivity contribution is 0.0691. The number of carbonyl (C=O) groups is 1. The largest absolute Gasteiger partial charge is 0.476 e. The minimum atomic E-state index is -1.11. The van der Waals surface area contributed by atoms with Crippen molar-refractivity contribution < 1.29 is 9.90 Å². The van der Waals surface area contributed by atoms with Crippen LogP contribution in [0, 0.1) is 6.92 Å². The Balaban J connectivity index is 2.29. The van der Waals surface area contributed by atoms with Gasteiger partial charge in [-0.25, -0.2) is 14.3 Å². The second-order valence-electron chi connectivity index (χ2n) is 4.85. The zero-order valence-electron chi connectivity index (χ0n) is 12.0. The van der Waals surface area contributed by atoms with Crippen LogP contribution in [0.2, 0.25) is 5.02 Å². The first-order valence-corrected chi connectivity index (χ1v) is 6.94. The molecule has 0 saturated heterocycles. The SMILES string of the molecule is Cc1cccc(Cl)c1N(C)c1c(C(=O)O)nn2cccnc12. The van der Waals surface area contributed by atoms with Gasteiger partial charge in [-0.3, -0.25) is 0 Å². The number of hydrogen-bond donors (Lipinski definition) is 1. The van der Waals surface area contributed by atoms with Crippen LogP contribution in [0.15, 0.2) is 36.7 Å². The zero-order chi connectivity index (χ0) is 15.9. The number of halogens is 1. The summed E-state index contributed by atoms with van der Waals surface area (Å²) in [5.74, 6) is -1.11. The first-order chi connectivity index (χ1) is 10.5. The number of anilines is 2. The predicted molar refractivity (Wildman–Crippen MR) is 84.2 cm³/mol. The quantitative estimate of drug-likeness (QED) is 0.803. The summed E-state index contributed by atoms with van der Waals surface area (Å²) in [6, 6.07) is 7.22. The van der Waals surface area contributed by atoms with Crippen LogP contribution in [0.5, 0.6) is 0 Å². The fraction of sp³-hybridized carbons (Fsp3) is 0.133. The Morgan fingerprint density at radius 3 is 2.77 bits per heavy atom. The molecular formula is C15H13ClN4O2. The minimum Gasteiger partial charge on any atom is -0.476 e. The third kappa shape index (κ3) is 2.17. The third-order valence-corrected chi connectivity index (χ3v) is 3.74. The van der Waals surface area contributed by atoms with Gasteiger partial charge in [-0.1, -0.05) is 23.7 Å². The highest BCUT2D eigenvalue weighted by Gasteiger charge is 2.25. The van der Waals surface area contributed by atoms with E-state index in [1.807, 2.05) is 19.1 Å². The maximum Gasteiger partial charge on any atom is 0.358 e. The summed E-state index contributed by atoms with van der Waals surface area (Å²) in [6.45, 7) is 1.91. The van der Waals surface area contributed by atoms with Gasteiger partial charge in [0.05, 0.1) is 10.7 Å². The maximum absolute atomic E-state index is 11.5. The van der Waals surface area contributed by atoms with E-state index in [2.05, 4.69) is 10.1 Å². The lowest BCUT2D eigenvalue weighted by atomic mass is 10.1. The van der Waals surface area contributed by atoms with E-state index >= 15 is 0 Å². The van der Waals surface area contributed by atoms with Crippen LogP contribution in [0.4, 0.5) is 11.4 Å². The molecule has 112 valence electrons. The topological polar surface area (TPSA) is 70.7 Å². The van der Waals surface area contributed by atoms with E-state index < -0.39 is 5.97 Å². The number of carboxylic acids is 1. The summed E-state index contributed by atoms with van der Waals surface area (Å²) in [5.41, 5.74) is 2.46. The number of benzene rings is 1. The van der Waals surface area contributed by atoms with Gasteiger partial charge >= 0.3 is 5.97 Å². The van der Waals surface area contributed by atoms with Gasteiger partial charge in [-0.2, -0.15) is 5.10 Å². The molecule has 3 rings (SSSR count). The Morgan fingerprint density at radius 2 is 2.09 bits per heavy atom. The average Bonchev–Trinajstić information content (AvgIpc) is 2.86. The average molecular weight is 317 g/mol. The normalized spacial score (nSPS) is 10.9. The number of rotatable bonds is 3. The second-order valence-corrected chi connectivity index (χ2v) is 5.26. The molecule has 0 saturated carbocycles. The van der Waals surface area contributed by atoms with E-state index in [1.165, 1.54) is 4.52 Å². The summed E-state index contributed by atoms with van der Waals surface area (Å²) in [6.07, 6.45) is 3.25. The van der Waals surface area contributed by atoms with E-state index in [1.54, 1.807) is 36.5 Å². The van der Waals surface area contributed by atoms with Crippen molar-refractivity contribution in [2.24, 2.45) is 0 Å². The van der Waals surface area contributed by atoms with Crippen molar-refractivity contribution in [2.45, 2.75) is 6.92 Å². The summed E-state index contributed by atoms with van der Waals surface area (Å²) < 4.78 is 1.45.